The maximum atomic E-state index is 2.34. The van der Waals surface area contributed by atoms with E-state index in [2.05, 4.69) is 40.2 Å². The quantitative estimate of drug-likeness (QED) is 0.288. The van der Waals surface area contributed by atoms with E-state index in [0.29, 0.717) is 0 Å². The topological polar surface area (TPSA) is 0 Å². The fourth-order valence-corrected chi connectivity index (χ4v) is 2.47. The van der Waals surface area contributed by atoms with Crippen LogP contribution in [0.25, 0.3) is 0 Å². The van der Waals surface area contributed by atoms with Gasteiger partial charge in [0.1, 0.15) is 0 Å². The molecule has 0 aromatic carbocycles. The lowest BCUT2D eigenvalue weighted by Gasteiger charge is -2.24. The van der Waals surface area contributed by atoms with E-state index in [9.17, 15) is 0 Å². The number of rotatable bonds is 13. The zero-order chi connectivity index (χ0) is 14.4. The van der Waals surface area contributed by atoms with Gasteiger partial charge in [0.05, 0.1) is 26.8 Å². The highest BCUT2D eigenvalue weighted by atomic mass is 15.3. The molecule has 0 bridgehead atoms. The highest BCUT2D eigenvalue weighted by molar-refractivity contribution is 4.71. The molecule has 0 amide bonds. The van der Waals surface area contributed by atoms with Crippen LogP contribution in [0.2, 0.25) is 0 Å². The Morgan fingerprint density at radius 3 is 1.63 bits per heavy atom. The van der Waals surface area contributed by atoms with Crippen molar-refractivity contribution in [3.63, 3.8) is 0 Å². The molecule has 0 aliphatic rings. The van der Waals surface area contributed by atoms with Crippen LogP contribution in [-0.4, -0.2) is 25.1 Å². The van der Waals surface area contributed by atoms with Gasteiger partial charge in [0.25, 0.3) is 0 Å². The second-order valence-electron chi connectivity index (χ2n) is 6.48. The predicted octanol–water partition coefficient (Wildman–Crippen LogP) is 5.91. The van der Waals surface area contributed by atoms with E-state index >= 15 is 0 Å². The minimum Gasteiger partial charge on any atom is -0.302 e. The molecule has 1 nitrogen and oxygen atoms in total. The summed E-state index contributed by atoms with van der Waals surface area (Å²) in [5, 5.41) is 0. The number of hydrogen-bond acceptors (Lipinski definition) is 0. The molecule has 0 aliphatic carbocycles. The van der Waals surface area contributed by atoms with Crippen molar-refractivity contribution in [1.82, 2.24) is 0 Å². The van der Waals surface area contributed by atoms with Crippen molar-refractivity contribution in [3.8, 4) is 0 Å². The van der Waals surface area contributed by atoms with E-state index in [1.54, 1.807) is 0 Å². The highest BCUT2D eigenvalue weighted by Gasteiger charge is 2.09. The lowest BCUT2D eigenvalue weighted by atomic mass is 10.1. The summed E-state index contributed by atoms with van der Waals surface area (Å²) in [5.74, 6) is 0. The van der Waals surface area contributed by atoms with Gasteiger partial charge >= 0.3 is 0 Å². The molecule has 0 N–H and O–H groups in total. The Labute approximate surface area is 122 Å². The summed E-state index contributed by atoms with van der Waals surface area (Å²) in [7, 11) is 4.61. The maximum Gasteiger partial charge on any atom is 0.0913 e. The summed E-state index contributed by atoms with van der Waals surface area (Å²) >= 11 is 0. The van der Waals surface area contributed by atoms with Crippen LogP contribution in [0.5, 0.6) is 0 Å². The SMILES string of the molecule is CCC=C[N+](C)(C)CCCCCCCCCCCC. The van der Waals surface area contributed by atoms with Gasteiger partial charge in [0, 0.05) is 0 Å². The van der Waals surface area contributed by atoms with Gasteiger partial charge in [0.2, 0.25) is 0 Å². The molecule has 0 spiro atoms. The number of nitrogens with zero attached hydrogens (tertiary/aromatic N) is 1. The smallest absolute Gasteiger partial charge is 0.0913 e. The summed E-state index contributed by atoms with van der Waals surface area (Å²) in [6.07, 6.45) is 20.1. The van der Waals surface area contributed by atoms with Gasteiger partial charge in [-0.15, -0.1) is 0 Å². The normalized spacial score (nSPS) is 12.4. The molecule has 0 heterocycles. The second kappa shape index (κ2) is 12.7. The standard InChI is InChI=1S/C18H38N/c1-5-7-9-10-11-12-13-14-15-16-18-19(3,4)17-8-6-2/h8,17H,5-7,9-16,18H2,1-4H3/q+1. The zero-order valence-electron chi connectivity index (χ0n) is 14.1. The van der Waals surface area contributed by atoms with Crippen LogP contribution in [-0.2, 0) is 0 Å². The van der Waals surface area contributed by atoms with Gasteiger partial charge in [-0.2, -0.15) is 0 Å². The predicted molar refractivity (Wildman–Crippen MR) is 88.3 cm³/mol. The van der Waals surface area contributed by atoms with Crippen molar-refractivity contribution in [3.05, 3.63) is 12.3 Å². The Kier molecular flexibility index (Phi) is 12.5. The number of unbranched alkanes of at least 4 members (excludes halogenated alkanes) is 9. The van der Waals surface area contributed by atoms with E-state index in [-0.39, 0.29) is 0 Å². The van der Waals surface area contributed by atoms with Crippen LogP contribution >= 0.6 is 0 Å². The molecule has 0 saturated carbocycles. The minimum atomic E-state index is 1.05. The monoisotopic (exact) mass is 268 g/mol. The lowest BCUT2D eigenvalue weighted by molar-refractivity contribution is -0.839. The van der Waals surface area contributed by atoms with E-state index in [1.165, 1.54) is 70.8 Å². The molecule has 0 unspecified atom stereocenters. The van der Waals surface area contributed by atoms with Crippen LogP contribution in [0.15, 0.2) is 12.3 Å². The Bertz CT molecular complexity index is 206. The molecular weight excluding hydrogens is 230 g/mol. The van der Waals surface area contributed by atoms with Gasteiger partial charge in [0.15, 0.2) is 0 Å². The summed E-state index contributed by atoms with van der Waals surface area (Å²) in [5.41, 5.74) is 0. The van der Waals surface area contributed by atoms with Crippen LogP contribution in [0.1, 0.15) is 84.5 Å². The fraction of sp³-hybridized carbons (Fsp3) is 0.889. The Balaban J connectivity index is 3.28. The molecule has 0 aromatic rings. The zero-order valence-corrected chi connectivity index (χ0v) is 14.1. The molecule has 1 heteroatoms. The maximum absolute atomic E-state index is 2.34. The minimum absolute atomic E-state index is 1.05. The summed E-state index contributed by atoms with van der Waals surface area (Å²) in [6.45, 7) is 5.78. The molecule has 0 fully saturated rings. The lowest BCUT2D eigenvalue weighted by Crippen LogP contribution is -2.34. The van der Waals surface area contributed by atoms with Crippen molar-refractivity contribution < 1.29 is 4.48 Å². The summed E-state index contributed by atoms with van der Waals surface area (Å²) in [6, 6.07) is 0. The number of quaternary nitrogens is 1. The highest BCUT2D eigenvalue weighted by Crippen LogP contribution is 2.11. The third kappa shape index (κ3) is 13.9. The third-order valence-corrected chi connectivity index (χ3v) is 3.83. The van der Waals surface area contributed by atoms with Crippen molar-refractivity contribution >= 4 is 0 Å². The first kappa shape index (κ1) is 18.7. The average Bonchev–Trinajstić information content (AvgIpc) is 2.38. The van der Waals surface area contributed by atoms with Gasteiger partial charge in [-0.1, -0.05) is 65.2 Å². The van der Waals surface area contributed by atoms with Gasteiger partial charge in [-0.05, 0) is 25.3 Å². The van der Waals surface area contributed by atoms with Crippen molar-refractivity contribution in [2.24, 2.45) is 0 Å². The Morgan fingerprint density at radius 2 is 1.16 bits per heavy atom. The summed E-state index contributed by atoms with van der Waals surface area (Å²) < 4.78 is 1.05. The molecule has 0 atom stereocenters. The first-order valence-corrected chi connectivity index (χ1v) is 8.62. The molecule has 114 valence electrons. The Hall–Kier alpha value is -0.300. The second-order valence-corrected chi connectivity index (χ2v) is 6.48. The summed E-state index contributed by atoms with van der Waals surface area (Å²) in [4.78, 5) is 0. The first-order valence-electron chi connectivity index (χ1n) is 8.62. The van der Waals surface area contributed by atoms with Crippen molar-refractivity contribution in [2.75, 3.05) is 20.6 Å². The number of allylic oxidation sites excluding steroid dienone is 1. The van der Waals surface area contributed by atoms with Gasteiger partial charge < -0.3 is 4.48 Å². The van der Waals surface area contributed by atoms with Crippen LogP contribution < -0.4 is 0 Å². The molecule has 0 saturated heterocycles. The molecule has 0 radical (unpaired) electrons. The molecule has 0 rings (SSSR count). The van der Waals surface area contributed by atoms with E-state index in [4.69, 9.17) is 0 Å². The van der Waals surface area contributed by atoms with Crippen LogP contribution in [0.4, 0.5) is 0 Å². The molecule has 0 aliphatic heterocycles. The molecular formula is C18H38N+. The van der Waals surface area contributed by atoms with Gasteiger partial charge in [-0.25, -0.2) is 0 Å². The first-order chi connectivity index (χ1) is 9.12. The molecule has 0 aromatic heterocycles. The van der Waals surface area contributed by atoms with Gasteiger partial charge in [-0.3, -0.25) is 0 Å². The van der Waals surface area contributed by atoms with E-state index in [1.807, 2.05) is 0 Å². The largest absolute Gasteiger partial charge is 0.302 e. The molecule has 19 heavy (non-hydrogen) atoms. The number of hydrogen-bond donors (Lipinski definition) is 0. The average molecular weight is 269 g/mol. The third-order valence-electron chi connectivity index (χ3n) is 3.83. The van der Waals surface area contributed by atoms with Crippen LogP contribution in [0, 0.1) is 0 Å². The van der Waals surface area contributed by atoms with Crippen molar-refractivity contribution in [2.45, 2.75) is 84.5 Å². The fourth-order valence-electron chi connectivity index (χ4n) is 2.47. The van der Waals surface area contributed by atoms with Crippen LogP contribution in [0.3, 0.4) is 0 Å². The van der Waals surface area contributed by atoms with E-state index < -0.39 is 0 Å². The van der Waals surface area contributed by atoms with Crippen molar-refractivity contribution in [1.29, 1.82) is 0 Å². The van der Waals surface area contributed by atoms with E-state index in [0.717, 1.165) is 10.9 Å². The Morgan fingerprint density at radius 1 is 0.684 bits per heavy atom.